The molecular weight excluding hydrogens is 251 g/mol. The second-order valence-corrected chi connectivity index (χ2v) is 3.67. The minimum Gasteiger partial charge on any atom is -0.480 e. The average Bonchev–Trinajstić information content (AvgIpc) is 2.27. The van der Waals surface area contributed by atoms with Crippen LogP contribution in [0.1, 0.15) is 12.5 Å². The largest absolute Gasteiger partial charge is 0.480 e. The highest BCUT2D eigenvalue weighted by Crippen LogP contribution is 2.25. The van der Waals surface area contributed by atoms with Crippen LogP contribution >= 0.6 is 23.2 Å². The van der Waals surface area contributed by atoms with Gasteiger partial charge in [0.25, 0.3) is 0 Å². The van der Waals surface area contributed by atoms with Crippen molar-refractivity contribution >= 4 is 29.2 Å². The fourth-order valence-electron chi connectivity index (χ4n) is 1.08. The van der Waals surface area contributed by atoms with E-state index < -0.39 is 5.97 Å². The predicted octanol–water partition coefficient (Wildman–Crippen LogP) is 3.02. The zero-order valence-electron chi connectivity index (χ0n) is 8.83. The van der Waals surface area contributed by atoms with Crippen LogP contribution in [0.5, 0.6) is 5.75 Å². The van der Waals surface area contributed by atoms with Crippen molar-refractivity contribution in [1.82, 2.24) is 0 Å². The van der Waals surface area contributed by atoms with Gasteiger partial charge in [-0.15, -0.1) is 11.6 Å². The average molecular weight is 263 g/mol. The number of hydrogen-bond donors (Lipinski definition) is 0. The Morgan fingerprint density at radius 3 is 2.75 bits per heavy atom. The summed E-state index contributed by atoms with van der Waals surface area (Å²) in [6, 6.07) is 5.17. The fourth-order valence-corrected chi connectivity index (χ4v) is 1.51. The van der Waals surface area contributed by atoms with Gasteiger partial charge in [0, 0.05) is 5.88 Å². The van der Waals surface area contributed by atoms with Crippen molar-refractivity contribution in [1.29, 1.82) is 0 Å². The molecule has 0 fully saturated rings. The molecule has 0 heterocycles. The molecule has 0 unspecified atom stereocenters. The number of alkyl halides is 1. The highest BCUT2D eigenvalue weighted by molar-refractivity contribution is 6.32. The Bertz CT molecular complexity index is 366. The number of ether oxygens (including phenoxy) is 2. The quantitative estimate of drug-likeness (QED) is 0.605. The number of esters is 1. The van der Waals surface area contributed by atoms with Gasteiger partial charge in [-0.1, -0.05) is 17.7 Å². The number of carbonyl (C=O) groups excluding carboxylic acids is 1. The van der Waals surface area contributed by atoms with E-state index in [0.29, 0.717) is 23.3 Å². The molecule has 16 heavy (non-hydrogen) atoms. The van der Waals surface area contributed by atoms with E-state index in [1.807, 2.05) is 0 Å². The molecule has 1 aromatic carbocycles. The smallest absolute Gasteiger partial charge is 0.344 e. The standard InChI is InChI=1S/C11H12Cl2O3/c1-2-15-11(14)7-16-10-4-3-8(6-12)5-9(10)13/h3-5H,2,6-7H2,1H3. The second kappa shape index (κ2) is 6.61. The number of halogens is 2. The van der Waals surface area contributed by atoms with Crippen LogP contribution in [-0.4, -0.2) is 19.2 Å². The van der Waals surface area contributed by atoms with E-state index in [1.54, 1.807) is 25.1 Å². The first-order valence-corrected chi connectivity index (χ1v) is 5.71. The summed E-state index contributed by atoms with van der Waals surface area (Å²) in [5.74, 6) is 0.418. The summed E-state index contributed by atoms with van der Waals surface area (Å²) in [5, 5.41) is 0.433. The molecule has 0 amide bonds. The van der Waals surface area contributed by atoms with Gasteiger partial charge in [0.05, 0.1) is 11.6 Å². The van der Waals surface area contributed by atoms with Gasteiger partial charge in [-0.3, -0.25) is 0 Å². The summed E-state index contributed by atoms with van der Waals surface area (Å²) in [6.07, 6.45) is 0. The summed E-state index contributed by atoms with van der Waals surface area (Å²) < 4.78 is 9.92. The predicted molar refractivity (Wildman–Crippen MR) is 63.1 cm³/mol. The van der Waals surface area contributed by atoms with Crippen LogP contribution in [0.3, 0.4) is 0 Å². The topological polar surface area (TPSA) is 35.5 Å². The molecule has 0 aliphatic rings. The van der Waals surface area contributed by atoms with Crippen LogP contribution < -0.4 is 4.74 Å². The lowest BCUT2D eigenvalue weighted by molar-refractivity contribution is -0.145. The third kappa shape index (κ3) is 3.91. The molecular formula is C11H12Cl2O3. The van der Waals surface area contributed by atoms with Crippen molar-refractivity contribution in [3.8, 4) is 5.75 Å². The molecule has 5 heteroatoms. The van der Waals surface area contributed by atoms with Crippen molar-refractivity contribution in [2.24, 2.45) is 0 Å². The Morgan fingerprint density at radius 2 is 2.19 bits per heavy atom. The second-order valence-electron chi connectivity index (χ2n) is 2.99. The third-order valence-electron chi connectivity index (χ3n) is 1.80. The molecule has 0 saturated heterocycles. The van der Waals surface area contributed by atoms with E-state index in [0.717, 1.165) is 5.56 Å². The van der Waals surface area contributed by atoms with Gasteiger partial charge in [-0.05, 0) is 24.6 Å². The Kier molecular flexibility index (Phi) is 5.43. The summed E-state index contributed by atoms with van der Waals surface area (Å²) >= 11 is 11.6. The molecule has 0 aromatic heterocycles. The Hall–Kier alpha value is -0.930. The zero-order valence-corrected chi connectivity index (χ0v) is 10.3. The van der Waals surface area contributed by atoms with E-state index in [9.17, 15) is 4.79 Å². The highest BCUT2D eigenvalue weighted by atomic mass is 35.5. The van der Waals surface area contributed by atoms with Crippen LogP contribution in [-0.2, 0) is 15.4 Å². The number of benzene rings is 1. The van der Waals surface area contributed by atoms with Crippen molar-refractivity contribution in [2.75, 3.05) is 13.2 Å². The molecule has 1 rings (SSSR count). The van der Waals surface area contributed by atoms with Gasteiger partial charge in [0.2, 0.25) is 0 Å². The lowest BCUT2D eigenvalue weighted by atomic mass is 10.2. The summed E-state index contributed by atoms with van der Waals surface area (Å²) in [5.41, 5.74) is 0.898. The monoisotopic (exact) mass is 262 g/mol. The van der Waals surface area contributed by atoms with Crippen molar-refractivity contribution < 1.29 is 14.3 Å². The van der Waals surface area contributed by atoms with Crippen molar-refractivity contribution in [3.63, 3.8) is 0 Å². The lowest BCUT2D eigenvalue weighted by Gasteiger charge is -2.08. The molecule has 0 N–H and O–H groups in total. The first-order valence-electron chi connectivity index (χ1n) is 4.80. The molecule has 1 aromatic rings. The van der Waals surface area contributed by atoms with Crippen LogP contribution in [0.2, 0.25) is 5.02 Å². The van der Waals surface area contributed by atoms with Crippen LogP contribution in [0.25, 0.3) is 0 Å². The van der Waals surface area contributed by atoms with Crippen molar-refractivity contribution in [3.05, 3.63) is 28.8 Å². The first-order chi connectivity index (χ1) is 7.67. The molecule has 0 radical (unpaired) electrons. The van der Waals surface area contributed by atoms with E-state index >= 15 is 0 Å². The van der Waals surface area contributed by atoms with Crippen LogP contribution in [0, 0.1) is 0 Å². The molecule has 0 aliphatic carbocycles. The molecule has 0 bridgehead atoms. The van der Waals surface area contributed by atoms with Crippen LogP contribution in [0.15, 0.2) is 18.2 Å². The maximum Gasteiger partial charge on any atom is 0.344 e. The molecule has 88 valence electrons. The van der Waals surface area contributed by atoms with Gasteiger partial charge >= 0.3 is 5.97 Å². The summed E-state index contributed by atoms with van der Waals surface area (Å²) in [6.45, 7) is 1.93. The molecule has 0 atom stereocenters. The summed E-state index contributed by atoms with van der Waals surface area (Å²) in [4.78, 5) is 11.0. The minimum atomic E-state index is -0.417. The molecule has 0 saturated carbocycles. The maximum atomic E-state index is 11.0. The first kappa shape index (κ1) is 13.1. The minimum absolute atomic E-state index is 0.145. The van der Waals surface area contributed by atoms with Gasteiger partial charge < -0.3 is 9.47 Å². The third-order valence-corrected chi connectivity index (χ3v) is 2.41. The SMILES string of the molecule is CCOC(=O)COc1ccc(CCl)cc1Cl. The zero-order chi connectivity index (χ0) is 12.0. The highest BCUT2D eigenvalue weighted by Gasteiger charge is 2.06. The van der Waals surface area contributed by atoms with Gasteiger partial charge in [-0.25, -0.2) is 4.79 Å². The lowest BCUT2D eigenvalue weighted by Crippen LogP contribution is -2.14. The molecule has 0 spiro atoms. The Balaban J connectivity index is 2.57. The van der Waals surface area contributed by atoms with Gasteiger partial charge in [0.15, 0.2) is 6.61 Å². The van der Waals surface area contributed by atoms with Crippen molar-refractivity contribution in [2.45, 2.75) is 12.8 Å². The number of hydrogen-bond acceptors (Lipinski definition) is 3. The van der Waals surface area contributed by atoms with Gasteiger partial charge in [-0.2, -0.15) is 0 Å². The number of carbonyl (C=O) groups is 1. The van der Waals surface area contributed by atoms with E-state index in [1.165, 1.54) is 0 Å². The van der Waals surface area contributed by atoms with E-state index in [4.69, 9.17) is 32.7 Å². The normalized spacial score (nSPS) is 9.94. The Morgan fingerprint density at radius 1 is 1.44 bits per heavy atom. The van der Waals surface area contributed by atoms with Crippen LogP contribution in [0.4, 0.5) is 0 Å². The summed E-state index contributed by atoms with van der Waals surface area (Å²) in [7, 11) is 0. The Labute approximate surface area is 104 Å². The maximum absolute atomic E-state index is 11.0. The molecule has 3 nitrogen and oxygen atoms in total. The van der Waals surface area contributed by atoms with Gasteiger partial charge in [0.1, 0.15) is 5.75 Å². The molecule has 0 aliphatic heterocycles. The fraction of sp³-hybridized carbons (Fsp3) is 0.364. The number of rotatable bonds is 5. The van der Waals surface area contributed by atoms with E-state index in [-0.39, 0.29) is 6.61 Å². The van der Waals surface area contributed by atoms with E-state index in [2.05, 4.69) is 0 Å².